The van der Waals surface area contributed by atoms with Crippen molar-refractivity contribution in [2.24, 2.45) is 5.92 Å². The number of anilines is 1. The third kappa shape index (κ3) is 2.88. The summed E-state index contributed by atoms with van der Waals surface area (Å²) in [7, 11) is 3.54. The number of amides is 1. The number of benzene rings is 2. The Morgan fingerprint density at radius 1 is 1.29 bits per heavy atom. The topological polar surface area (TPSA) is 44.8 Å². The molecule has 2 aromatic rings. The van der Waals surface area contributed by atoms with E-state index in [1.165, 1.54) is 0 Å². The highest BCUT2D eigenvalue weighted by Crippen LogP contribution is 2.50. The van der Waals surface area contributed by atoms with Crippen molar-refractivity contribution in [3.05, 3.63) is 58.1 Å². The molecule has 2 bridgehead atoms. The number of hydrogen-bond donors (Lipinski definition) is 1. The van der Waals surface area contributed by atoms with E-state index in [0.29, 0.717) is 5.11 Å². The van der Waals surface area contributed by atoms with Gasteiger partial charge in [0.15, 0.2) is 10.8 Å². The number of thiocarbonyl (C=S) groups is 1. The van der Waals surface area contributed by atoms with Gasteiger partial charge >= 0.3 is 0 Å². The summed E-state index contributed by atoms with van der Waals surface area (Å²) in [5.74, 6) is 0.272. The van der Waals surface area contributed by atoms with Gasteiger partial charge in [0.2, 0.25) is 5.91 Å². The van der Waals surface area contributed by atoms with E-state index in [-0.39, 0.29) is 11.9 Å². The van der Waals surface area contributed by atoms with Gasteiger partial charge in [-0.3, -0.25) is 9.69 Å². The Balaban J connectivity index is 1.93. The van der Waals surface area contributed by atoms with E-state index in [4.69, 9.17) is 17.0 Å². The van der Waals surface area contributed by atoms with Crippen LogP contribution < -0.4 is 15.0 Å². The van der Waals surface area contributed by atoms with Crippen LogP contribution in [0.2, 0.25) is 0 Å². The Hall–Kier alpha value is -2.12. The number of rotatable bonds is 2. The van der Waals surface area contributed by atoms with Crippen molar-refractivity contribution in [3.8, 4) is 5.75 Å². The van der Waals surface area contributed by atoms with Crippen LogP contribution in [0.15, 0.2) is 46.9 Å². The van der Waals surface area contributed by atoms with E-state index < -0.39 is 11.6 Å². The first-order valence-electron chi connectivity index (χ1n) is 9.09. The highest BCUT2D eigenvalue weighted by Gasteiger charge is 2.59. The zero-order chi connectivity index (χ0) is 20.2. The summed E-state index contributed by atoms with van der Waals surface area (Å²) in [5.41, 5.74) is 1.98. The number of carbonyl (C=O) groups excluding carboxylic acids is 1. The van der Waals surface area contributed by atoms with Gasteiger partial charge in [0, 0.05) is 29.8 Å². The predicted molar refractivity (Wildman–Crippen MR) is 117 cm³/mol. The summed E-state index contributed by atoms with van der Waals surface area (Å²) < 4.78 is 7.47. The second-order valence-corrected chi connectivity index (χ2v) is 8.95. The Morgan fingerprint density at radius 2 is 2.04 bits per heavy atom. The van der Waals surface area contributed by atoms with Crippen molar-refractivity contribution < 1.29 is 9.53 Å². The second-order valence-electron chi connectivity index (χ2n) is 7.65. The quantitative estimate of drug-likeness (QED) is 0.687. The van der Waals surface area contributed by atoms with Crippen LogP contribution in [0.25, 0.3) is 0 Å². The Kier molecular flexibility index (Phi) is 4.62. The molecule has 1 saturated heterocycles. The van der Waals surface area contributed by atoms with Gasteiger partial charge in [0.25, 0.3) is 0 Å². The van der Waals surface area contributed by atoms with Crippen LogP contribution in [0, 0.1) is 12.8 Å². The lowest BCUT2D eigenvalue weighted by Gasteiger charge is -2.56. The van der Waals surface area contributed by atoms with Gasteiger partial charge in [0.05, 0.1) is 6.04 Å². The van der Waals surface area contributed by atoms with E-state index in [9.17, 15) is 4.79 Å². The second kappa shape index (κ2) is 6.74. The third-order valence-corrected chi connectivity index (χ3v) is 6.22. The predicted octanol–water partition coefficient (Wildman–Crippen LogP) is 4.01. The zero-order valence-electron chi connectivity index (χ0n) is 16.2. The first-order chi connectivity index (χ1) is 13.2. The normalized spacial score (nSPS) is 25.5. The van der Waals surface area contributed by atoms with E-state index in [1.54, 1.807) is 19.0 Å². The first kappa shape index (κ1) is 19.2. The van der Waals surface area contributed by atoms with Crippen LogP contribution in [0.5, 0.6) is 5.75 Å². The summed E-state index contributed by atoms with van der Waals surface area (Å²) in [6.45, 7) is 3.98. The molecule has 1 amide bonds. The summed E-state index contributed by atoms with van der Waals surface area (Å²) in [4.78, 5) is 16.8. The maximum atomic E-state index is 13.3. The van der Waals surface area contributed by atoms with Crippen molar-refractivity contribution in [1.82, 2.24) is 10.2 Å². The van der Waals surface area contributed by atoms with Crippen molar-refractivity contribution >= 4 is 44.9 Å². The van der Waals surface area contributed by atoms with Crippen LogP contribution in [0.4, 0.5) is 5.69 Å². The molecule has 3 atom stereocenters. The highest BCUT2D eigenvalue weighted by molar-refractivity contribution is 9.10. The number of carbonyl (C=O) groups is 1. The van der Waals surface area contributed by atoms with Crippen LogP contribution in [0.3, 0.4) is 0 Å². The maximum Gasteiger partial charge on any atom is 0.233 e. The summed E-state index contributed by atoms with van der Waals surface area (Å²) in [6.07, 6.45) is 0. The Bertz CT molecular complexity index is 980. The molecule has 2 heterocycles. The monoisotopic (exact) mass is 459 g/mol. The molecule has 0 unspecified atom stereocenters. The van der Waals surface area contributed by atoms with Gasteiger partial charge in [-0.15, -0.1) is 0 Å². The molecule has 7 heteroatoms. The average Bonchev–Trinajstić information content (AvgIpc) is 2.61. The van der Waals surface area contributed by atoms with Crippen LogP contribution >= 0.6 is 28.1 Å². The Labute approximate surface area is 178 Å². The lowest BCUT2D eigenvalue weighted by Crippen LogP contribution is -2.72. The zero-order valence-corrected chi connectivity index (χ0v) is 18.6. The van der Waals surface area contributed by atoms with E-state index in [0.717, 1.165) is 27.0 Å². The number of nitrogens with zero attached hydrogens (tertiary/aromatic N) is 2. The molecule has 146 valence electrons. The van der Waals surface area contributed by atoms with Crippen molar-refractivity contribution in [2.75, 3.05) is 19.0 Å². The number of aryl methyl sites for hydroxylation is 1. The summed E-state index contributed by atoms with van der Waals surface area (Å²) in [5, 5.41) is 3.97. The molecule has 5 nitrogen and oxygen atoms in total. The molecule has 0 radical (unpaired) electrons. The molecule has 0 aromatic heterocycles. The lowest BCUT2D eigenvalue weighted by molar-refractivity contribution is -0.144. The van der Waals surface area contributed by atoms with Gasteiger partial charge in [0.1, 0.15) is 11.7 Å². The largest absolute Gasteiger partial charge is 0.467 e. The molecular formula is C21H22BrN3O2S. The molecule has 28 heavy (non-hydrogen) atoms. The molecule has 1 N–H and O–H groups in total. The number of fused-ring (bicyclic) bond motifs is 4. The van der Waals surface area contributed by atoms with Gasteiger partial charge in [-0.2, -0.15) is 0 Å². The SMILES string of the molecule is Cc1cccc(N2C(=S)N[C@H]3c4cc(Br)ccc4O[C@@]2(C)[C@@H]3C(=O)N(C)C)c1. The number of halogens is 1. The van der Waals surface area contributed by atoms with E-state index in [1.807, 2.05) is 55.1 Å². The number of ether oxygens (including phenoxy) is 1. The molecule has 2 aromatic carbocycles. The maximum absolute atomic E-state index is 13.3. The third-order valence-electron chi connectivity index (χ3n) is 5.43. The molecule has 0 spiro atoms. The fourth-order valence-corrected chi connectivity index (χ4v) is 4.96. The highest BCUT2D eigenvalue weighted by atomic mass is 79.9. The van der Waals surface area contributed by atoms with Crippen LogP contribution in [-0.2, 0) is 4.79 Å². The van der Waals surface area contributed by atoms with Gasteiger partial charge in [-0.1, -0.05) is 28.1 Å². The number of hydrogen-bond acceptors (Lipinski definition) is 3. The van der Waals surface area contributed by atoms with Gasteiger partial charge in [-0.05, 0) is 62.0 Å². The standard InChI is InChI=1S/C21H22BrN3O2S/c1-12-6-5-7-14(10-12)25-20(28)23-18-15-11-13(22)8-9-16(15)27-21(25,2)17(18)19(26)24(3)4/h5-11,17-18H,1-4H3,(H,23,28)/t17-,18-,21-/m0/s1. The fourth-order valence-electron chi connectivity index (χ4n) is 4.17. The average molecular weight is 460 g/mol. The van der Waals surface area contributed by atoms with Crippen molar-refractivity contribution in [2.45, 2.75) is 25.6 Å². The van der Waals surface area contributed by atoms with Crippen LogP contribution in [0.1, 0.15) is 24.1 Å². The van der Waals surface area contributed by atoms with E-state index >= 15 is 0 Å². The molecule has 2 aliphatic rings. The summed E-state index contributed by atoms with van der Waals surface area (Å²) in [6, 6.07) is 13.7. The fraction of sp³-hybridized carbons (Fsp3) is 0.333. The van der Waals surface area contributed by atoms with Gasteiger partial charge in [-0.25, -0.2) is 0 Å². The first-order valence-corrected chi connectivity index (χ1v) is 10.3. The smallest absolute Gasteiger partial charge is 0.233 e. The number of nitrogens with one attached hydrogen (secondary N) is 1. The molecule has 0 aliphatic carbocycles. The van der Waals surface area contributed by atoms with Crippen molar-refractivity contribution in [1.29, 1.82) is 0 Å². The molecule has 1 fully saturated rings. The van der Waals surface area contributed by atoms with Gasteiger partial charge < -0.3 is 15.0 Å². The van der Waals surface area contributed by atoms with E-state index in [2.05, 4.69) is 27.3 Å². The molecule has 0 saturated carbocycles. The van der Waals surface area contributed by atoms with Crippen LogP contribution in [-0.4, -0.2) is 35.7 Å². The minimum absolute atomic E-state index is 0.00854. The molecule has 4 rings (SSSR count). The molecular weight excluding hydrogens is 438 g/mol. The minimum atomic E-state index is -0.955. The summed E-state index contributed by atoms with van der Waals surface area (Å²) >= 11 is 9.27. The molecule has 2 aliphatic heterocycles. The minimum Gasteiger partial charge on any atom is -0.467 e. The Morgan fingerprint density at radius 3 is 2.71 bits per heavy atom. The lowest BCUT2D eigenvalue weighted by atomic mass is 9.78. The van der Waals surface area contributed by atoms with Crippen molar-refractivity contribution in [3.63, 3.8) is 0 Å².